The predicted molar refractivity (Wildman–Crippen MR) is 217 cm³/mol. The van der Waals surface area contributed by atoms with Gasteiger partial charge in [-0.1, -0.05) is 67.4 Å². The lowest BCUT2D eigenvalue weighted by Gasteiger charge is -2.35. The number of hydrogen-bond donors (Lipinski definition) is 5. The maximum absolute atomic E-state index is 14.6. The monoisotopic (exact) mass is 835 g/mol. The number of ether oxygens (including phenoxy) is 1. The van der Waals surface area contributed by atoms with Crippen molar-refractivity contribution in [1.29, 1.82) is 5.26 Å². The highest BCUT2D eigenvalue weighted by molar-refractivity contribution is 6.00. The van der Waals surface area contributed by atoms with Crippen LogP contribution in [0.3, 0.4) is 0 Å². The van der Waals surface area contributed by atoms with E-state index in [1.54, 1.807) is 24.3 Å². The van der Waals surface area contributed by atoms with E-state index in [2.05, 4.69) is 27.3 Å². The van der Waals surface area contributed by atoms with Crippen LogP contribution in [0.2, 0.25) is 0 Å². The molecule has 3 aromatic rings. The van der Waals surface area contributed by atoms with E-state index in [9.17, 15) is 43.5 Å². The van der Waals surface area contributed by atoms with Crippen molar-refractivity contribution in [3.05, 3.63) is 107 Å². The Morgan fingerprint density at radius 3 is 2.02 bits per heavy atom. The number of halogens is 1. The zero-order valence-corrected chi connectivity index (χ0v) is 33.7. The number of amides is 6. The van der Waals surface area contributed by atoms with E-state index in [0.29, 0.717) is 36.0 Å². The van der Waals surface area contributed by atoms with Crippen molar-refractivity contribution in [3.8, 4) is 6.07 Å². The van der Waals surface area contributed by atoms with Gasteiger partial charge < -0.3 is 40.9 Å². The Morgan fingerprint density at radius 1 is 0.721 bits per heavy atom. The third-order valence-corrected chi connectivity index (χ3v) is 12.2. The van der Waals surface area contributed by atoms with Gasteiger partial charge in [0.25, 0.3) is 0 Å². The van der Waals surface area contributed by atoms with Crippen molar-refractivity contribution >= 4 is 35.4 Å². The second kappa shape index (κ2) is 19.0. The molecule has 3 aliphatic heterocycles. The van der Waals surface area contributed by atoms with Crippen LogP contribution in [-0.2, 0) is 53.0 Å². The molecule has 5 N–H and O–H groups in total. The summed E-state index contributed by atoms with van der Waals surface area (Å²) in [6, 6.07) is 17.1. The molecule has 3 saturated heterocycles. The number of fused-ring (bicyclic) bond motifs is 2. The minimum atomic E-state index is -1.50. The van der Waals surface area contributed by atoms with Crippen LogP contribution in [0.5, 0.6) is 0 Å². The third-order valence-electron chi connectivity index (χ3n) is 12.2. The summed E-state index contributed by atoms with van der Waals surface area (Å²) in [7, 11) is 0. The average Bonchev–Trinajstić information content (AvgIpc) is 4.06. The summed E-state index contributed by atoms with van der Waals surface area (Å²) in [5.41, 5.74) is 0.887. The fourth-order valence-electron chi connectivity index (χ4n) is 8.84. The highest BCUT2D eigenvalue weighted by atomic mass is 19.1. The number of aliphatic hydroxyl groups excluding tert-OH is 1. The van der Waals surface area contributed by atoms with E-state index in [0.717, 1.165) is 5.56 Å². The van der Waals surface area contributed by atoms with Crippen LogP contribution in [0, 0.1) is 17.1 Å². The van der Waals surface area contributed by atoms with Crippen LogP contribution in [0.4, 0.5) is 4.39 Å². The molecular weight excluding hydrogens is 786 g/mol. The molecule has 7 rings (SSSR count). The second-order valence-corrected chi connectivity index (χ2v) is 16.3. The van der Waals surface area contributed by atoms with Gasteiger partial charge in [0, 0.05) is 32.4 Å². The van der Waals surface area contributed by atoms with Crippen molar-refractivity contribution in [2.24, 2.45) is 0 Å². The summed E-state index contributed by atoms with van der Waals surface area (Å²) in [4.78, 5) is 89.2. The molecule has 1 saturated carbocycles. The van der Waals surface area contributed by atoms with Crippen molar-refractivity contribution in [1.82, 2.24) is 31.1 Å². The van der Waals surface area contributed by atoms with Gasteiger partial charge in [0.15, 0.2) is 0 Å². The third kappa shape index (κ3) is 9.90. The number of carbonyl (C=O) groups is 6. The lowest BCUT2D eigenvalue weighted by molar-refractivity contribution is -0.149. The van der Waals surface area contributed by atoms with E-state index in [-0.39, 0.29) is 58.2 Å². The molecule has 0 bridgehead atoms. The minimum absolute atomic E-state index is 0.0171. The molecule has 6 atom stereocenters. The number of aliphatic hydroxyl groups is 1. The average molecular weight is 836 g/mol. The van der Waals surface area contributed by atoms with Gasteiger partial charge >= 0.3 is 0 Å². The van der Waals surface area contributed by atoms with Crippen molar-refractivity contribution in [2.75, 3.05) is 19.7 Å². The molecule has 4 fully saturated rings. The van der Waals surface area contributed by atoms with Crippen LogP contribution in [0.1, 0.15) is 67.2 Å². The van der Waals surface area contributed by atoms with E-state index in [1.807, 2.05) is 30.3 Å². The molecule has 0 aromatic heterocycles. The molecular formula is C45H50FN7O8. The number of hydrogen-bond acceptors (Lipinski definition) is 9. The fraction of sp³-hybridized carbons (Fsp3) is 0.444. The Bertz CT molecular complexity index is 2140. The number of benzene rings is 3. The van der Waals surface area contributed by atoms with E-state index < -0.39 is 89.7 Å². The number of nitrogens with zero attached hydrogens (tertiary/aromatic N) is 3. The predicted octanol–water partition coefficient (Wildman–Crippen LogP) is 1.55. The first kappa shape index (κ1) is 42.9. The SMILES string of the molecule is N#Cc1ccc(C[C@@H]2NC(=O)[C@@H]3C[C@@H](OCc4ccccc4)CN3C(=O)[C@H]3CCCN3C(=O)[C@H](CO)NC(=O)[C@H](Cc3ccc(F)cc3)NC(=O)C3(CCCC3)NC2=O)cc1. The molecule has 1 aliphatic carbocycles. The van der Waals surface area contributed by atoms with Crippen molar-refractivity contribution < 1.29 is 43.0 Å². The van der Waals surface area contributed by atoms with Crippen LogP contribution in [-0.4, -0.2) is 112 Å². The number of nitrogens with one attached hydrogen (secondary N) is 4. The van der Waals surface area contributed by atoms with Gasteiger partial charge in [-0.05, 0) is 66.6 Å². The van der Waals surface area contributed by atoms with Crippen LogP contribution < -0.4 is 21.3 Å². The zero-order chi connectivity index (χ0) is 43.1. The summed E-state index contributed by atoms with van der Waals surface area (Å²) in [6.07, 6.45) is 1.61. The number of carbonyl (C=O) groups excluding carboxylic acids is 6. The Morgan fingerprint density at radius 2 is 1.36 bits per heavy atom. The van der Waals surface area contributed by atoms with E-state index in [1.165, 1.54) is 34.1 Å². The molecule has 4 aliphatic rings. The van der Waals surface area contributed by atoms with Gasteiger partial charge in [0.05, 0.1) is 31.0 Å². The topological polar surface area (TPSA) is 210 Å². The standard InChI is InChI=1S/C45H50FN7O8/c46-32-16-14-29(15-17-32)21-34-39(55)49-36(26-54)42(58)52-20-6-9-37(52)43(59)53-25-33(61-27-31-7-2-1-3-8-31)23-38(53)41(57)48-35(22-28-10-12-30(24-47)13-11-28)40(56)51-45(44(60)50-34)18-4-5-19-45/h1-3,7-8,10-17,33-38,54H,4-6,9,18-23,25-27H2,(H,48,57)(H,49,55)(H,50,60)(H,51,56)/t33-,34+,35+,36+,37-,38+/m1/s1. The highest BCUT2D eigenvalue weighted by Gasteiger charge is 2.49. The molecule has 0 radical (unpaired) electrons. The van der Waals surface area contributed by atoms with Crippen LogP contribution in [0.25, 0.3) is 0 Å². The first-order chi connectivity index (χ1) is 29.5. The smallest absolute Gasteiger partial charge is 0.248 e. The molecule has 61 heavy (non-hydrogen) atoms. The Hall–Kier alpha value is -6.18. The fourth-order valence-corrected chi connectivity index (χ4v) is 8.84. The molecule has 0 unspecified atom stereocenters. The van der Waals surface area contributed by atoms with Gasteiger partial charge in [0.1, 0.15) is 41.6 Å². The lowest BCUT2D eigenvalue weighted by Crippen LogP contribution is -2.65. The lowest BCUT2D eigenvalue weighted by atomic mass is 9.93. The zero-order valence-electron chi connectivity index (χ0n) is 33.7. The second-order valence-electron chi connectivity index (χ2n) is 16.3. The molecule has 16 heteroatoms. The van der Waals surface area contributed by atoms with Crippen LogP contribution >= 0.6 is 0 Å². The quantitative estimate of drug-likeness (QED) is 0.223. The molecule has 320 valence electrons. The van der Waals surface area contributed by atoms with E-state index >= 15 is 0 Å². The molecule has 1 spiro atoms. The van der Waals surface area contributed by atoms with Gasteiger partial charge in [-0.25, -0.2) is 4.39 Å². The maximum Gasteiger partial charge on any atom is 0.248 e. The molecule has 3 heterocycles. The summed E-state index contributed by atoms with van der Waals surface area (Å²) in [6.45, 7) is -0.442. The number of nitriles is 1. The summed E-state index contributed by atoms with van der Waals surface area (Å²) >= 11 is 0. The minimum Gasteiger partial charge on any atom is -0.394 e. The van der Waals surface area contributed by atoms with Gasteiger partial charge in [-0.15, -0.1) is 0 Å². The van der Waals surface area contributed by atoms with Gasteiger partial charge in [-0.2, -0.15) is 5.26 Å². The first-order valence-corrected chi connectivity index (χ1v) is 20.8. The van der Waals surface area contributed by atoms with Crippen molar-refractivity contribution in [3.63, 3.8) is 0 Å². The molecule has 15 nitrogen and oxygen atoms in total. The Kier molecular flexibility index (Phi) is 13.4. The molecule has 3 aromatic carbocycles. The summed E-state index contributed by atoms with van der Waals surface area (Å²) in [5, 5.41) is 31.1. The largest absolute Gasteiger partial charge is 0.394 e. The summed E-state index contributed by atoms with van der Waals surface area (Å²) < 4.78 is 20.1. The normalized spacial score (nSPS) is 26.0. The highest BCUT2D eigenvalue weighted by Crippen LogP contribution is 2.32. The van der Waals surface area contributed by atoms with Crippen LogP contribution in [0.15, 0.2) is 78.9 Å². The van der Waals surface area contributed by atoms with Gasteiger partial charge in [-0.3, -0.25) is 28.8 Å². The van der Waals surface area contributed by atoms with Gasteiger partial charge in [0.2, 0.25) is 35.4 Å². The first-order valence-electron chi connectivity index (χ1n) is 20.8. The Balaban J connectivity index is 1.25. The summed E-state index contributed by atoms with van der Waals surface area (Å²) in [5.74, 6) is -4.50. The molecule has 6 amide bonds. The maximum atomic E-state index is 14.6. The Labute approximate surface area is 353 Å². The van der Waals surface area contributed by atoms with E-state index in [4.69, 9.17) is 4.74 Å². The number of rotatable bonds is 8. The van der Waals surface area contributed by atoms with Crippen molar-refractivity contribution in [2.45, 2.75) is 106 Å².